The number of hydrogen-bond donors (Lipinski definition) is 1. The minimum Gasteiger partial charge on any atom is -0.497 e. The molecule has 0 saturated carbocycles. The van der Waals surface area contributed by atoms with Gasteiger partial charge in [-0.2, -0.15) is 0 Å². The van der Waals surface area contributed by atoms with Crippen molar-refractivity contribution in [2.24, 2.45) is 0 Å². The molecule has 2 aliphatic rings. The van der Waals surface area contributed by atoms with Crippen LogP contribution in [0, 0.1) is 5.82 Å². The van der Waals surface area contributed by atoms with Crippen LogP contribution in [0.3, 0.4) is 0 Å². The molecule has 2 aliphatic heterocycles. The van der Waals surface area contributed by atoms with Crippen molar-refractivity contribution in [1.82, 2.24) is 10.2 Å². The first-order valence-electron chi connectivity index (χ1n) is 11.0. The number of halogens is 1. The van der Waals surface area contributed by atoms with E-state index < -0.39 is 6.23 Å². The summed E-state index contributed by atoms with van der Waals surface area (Å²) in [5.74, 6) is 0.772. The van der Waals surface area contributed by atoms with Crippen molar-refractivity contribution >= 4 is 11.5 Å². The Labute approximate surface area is 192 Å². The highest BCUT2D eigenvalue weighted by molar-refractivity contribution is 5.98. The summed E-state index contributed by atoms with van der Waals surface area (Å²) in [6, 6.07) is 20.1. The van der Waals surface area contributed by atoms with E-state index in [9.17, 15) is 9.18 Å². The molecular formula is C27H25FN2O3. The van der Waals surface area contributed by atoms with Crippen LogP contribution in [-0.4, -0.2) is 31.0 Å². The van der Waals surface area contributed by atoms with Crippen molar-refractivity contribution in [1.29, 1.82) is 0 Å². The lowest BCUT2D eigenvalue weighted by Gasteiger charge is -2.29. The number of fused-ring (bicyclic) bond motifs is 1. The van der Waals surface area contributed by atoms with E-state index in [1.54, 1.807) is 25.3 Å². The Balaban J connectivity index is 1.26. The summed E-state index contributed by atoms with van der Waals surface area (Å²) in [5, 5.41) is 2.93. The highest BCUT2D eigenvalue weighted by Crippen LogP contribution is 2.32. The minimum absolute atomic E-state index is 0.181. The molecule has 3 aromatic rings. The fourth-order valence-electron chi connectivity index (χ4n) is 4.31. The first-order chi connectivity index (χ1) is 16.1. The van der Waals surface area contributed by atoms with Crippen molar-refractivity contribution in [2.45, 2.75) is 19.2 Å². The number of nitrogens with zero attached hydrogens (tertiary/aromatic N) is 1. The summed E-state index contributed by atoms with van der Waals surface area (Å²) in [4.78, 5) is 15.0. The third kappa shape index (κ3) is 4.61. The second-order valence-electron chi connectivity index (χ2n) is 8.30. The van der Waals surface area contributed by atoms with Crippen LogP contribution in [0.5, 0.6) is 11.5 Å². The number of benzene rings is 3. The number of carbonyl (C=O) groups excluding carboxylic acids is 1. The van der Waals surface area contributed by atoms with Gasteiger partial charge in [-0.25, -0.2) is 4.39 Å². The summed E-state index contributed by atoms with van der Waals surface area (Å²) in [7, 11) is 1.57. The Morgan fingerprint density at radius 2 is 1.97 bits per heavy atom. The molecule has 168 valence electrons. The number of rotatable bonds is 5. The van der Waals surface area contributed by atoms with Gasteiger partial charge in [0.1, 0.15) is 17.3 Å². The first-order valence-corrected chi connectivity index (χ1v) is 11.0. The van der Waals surface area contributed by atoms with Crippen LogP contribution >= 0.6 is 0 Å². The van der Waals surface area contributed by atoms with Gasteiger partial charge in [0.05, 0.1) is 12.7 Å². The van der Waals surface area contributed by atoms with Gasteiger partial charge in [-0.15, -0.1) is 0 Å². The third-order valence-corrected chi connectivity index (χ3v) is 6.11. The van der Waals surface area contributed by atoms with E-state index in [2.05, 4.69) is 28.4 Å². The quantitative estimate of drug-likeness (QED) is 0.605. The lowest BCUT2D eigenvalue weighted by atomic mass is 9.99. The van der Waals surface area contributed by atoms with E-state index in [0.29, 0.717) is 17.1 Å². The van der Waals surface area contributed by atoms with Gasteiger partial charge in [0.2, 0.25) is 0 Å². The van der Waals surface area contributed by atoms with Gasteiger partial charge in [-0.3, -0.25) is 9.69 Å². The zero-order chi connectivity index (χ0) is 22.8. The van der Waals surface area contributed by atoms with E-state index in [1.165, 1.54) is 17.7 Å². The molecule has 0 fully saturated rings. The summed E-state index contributed by atoms with van der Waals surface area (Å²) >= 11 is 0. The number of methoxy groups -OCH3 is 1. The molecular weight excluding hydrogens is 419 g/mol. The van der Waals surface area contributed by atoms with E-state index in [1.807, 2.05) is 24.3 Å². The topological polar surface area (TPSA) is 50.8 Å². The monoisotopic (exact) mass is 444 g/mol. The Bertz CT molecular complexity index is 1210. The predicted octanol–water partition coefficient (Wildman–Crippen LogP) is 4.94. The van der Waals surface area contributed by atoms with Crippen molar-refractivity contribution in [2.75, 3.05) is 20.2 Å². The molecule has 2 heterocycles. The highest BCUT2D eigenvalue weighted by Gasteiger charge is 2.27. The smallest absolute Gasteiger partial charge is 0.258 e. The van der Waals surface area contributed by atoms with Crippen molar-refractivity contribution in [3.8, 4) is 11.5 Å². The van der Waals surface area contributed by atoms with E-state index in [4.69, 9.17) is 9.47 Å². The molecule has 5 nitrogen and oxygen atoms in total. The molecule has 1 N–H and O–H groups in total. The van der Waals surface area contributed by atoms with Crippen molar-refractivity contribution in [3.05, 3.63) is 101 Å². The van der Waals surface area contributed by atoms with Crippen LogP contribution in [0.1, 0.15) is 39.7 Å². The maximum absolute atomic E-state index is 13.2. The zero-order valence-corrected chi connectivity index (χ0v) is 18.4. The molecule has 0 radical (unpaired) electrons. The van der Waals surface area contributed by atoms with Gasteiger partial charge in [0, 0.05) is 25.2 Å². The van der Waals surface area contributed by atoms with Gasteiger partial charge < -0.3 is 14.8 Å². The SMILES string of the molecule is COc1ccc2c(c1)C(=O)NC(c1cccc(CN3CC=C(c4ccc(F)cc4)CC3)c1)O2. The molecule has 33 heavy (non-hydrogen) atoms. The maximum atomic E-state index is 13.2. The molecule has 1 amide bonds. The number of carbonyl (C=O) groups is 1. The van der Waals surface area contributed by atoms with Gasteiger partial charge in [0.15, 0.2) is 6.23 Å². The Morgan fingerprint density at radius 1 is 1.12 bits per heavy atom. The van der Waals surface area contributed by atoms with E-state index >= 15 is 0 Å². The number of ether oxygens (including phenoxy) is 2. The van der Waals surface area contributed by atoms with E-state index in [0.717, 1.165) is 42.7 Å². The van der Waals surface area contributed by atoms with Crippen LogP contribution < -0.4 is 14.8 Å². The minimum atomic E-state index is -0.537. The molecule has 3 aromatic carbocycles. The molecule has 5 rings (SSSR count). The van der Waals surface area contributed by atoms with E-state index in [-0.39, 0.29) is 11.7 Å². The largest absolute Gasteiger partial charge is 0.497 e. The van der Waals surface area contributed by atoms with Crippen LogP contribution in [-0.2, 0) is 6.54 Å². The third-order valence-electron chi connectivity index (χ3n) is 6.11. The Kier molecular flexibility index (Phi) is 5.84. The van der Waals surface area contributed by atoms with Crippen LogP contribution in [0.25, 0.3) is 5.57 Å². The van der Waals surface area contributed by atoms with Gasteiger partial charge in [-0.1, -0.05) is 36.4 Å². The van der Waals surface area contributed by atoms with Gasteiger partial charge in [0.25, 0.3) is 5.91 Å². The second kappa shape index (κ2) is 9.08. The molecule has 0 aliphatic carbocycles. The fourth-order valence-corrected chi connectivity index (χ4v) is 4.31. The second-order valence-corrected chi connectivity index (χ2v) is 8.30. The molecule has 0 saturated heterocycles. The number of amides is 1. The highest BCUT2D eigenvalue weighted by atomic mass is 19.1. The van der Waals surface area contributed by atoms with Crippen LogP contribution in [0.2, 0.25) is 0 Å². The zero-order valence-electron chi connectivity index (χ0n) is 18.4. The van der Waals surface area contributed by atoms with Crippen molar-refractivity contribution in [3.63, 3.8) is 0 Å². The first kappa shape index (κ1) is 21.2. The summed E-state index contributed by atoms with van der Waals surface area (Å²) in [6.45, 7) is 2.57. The Hall–Kier alpha value is -3.64. The fraction of sp³-hybridized carbons (Fsp3) is 0.222. The summed E-state index contributed by atoms with van der Waals surface area (Å²) in [5.41, 5.74) is 4.87. The number of nitrogens with one attached hydrogen (secondary N) is 1. The average Bonchev–Trinajstić information content (AvgIpc) is 2.85. The number of hydrogen-bond acceptors (Lipinski definition) is 4. The average molecular weight is 445 g/mol. The molecule has 0 bridgehead atoms. The molecule has 0 spiro atoms. The normalized spacial score (nSPS) is 18.1. The van der Waals surface area contributed by atoms with Gasteiger partial charge >= 0.3 is 0 Å². The van der Waals surface area contributed by atoms with Crippen LogP contribution in [0.4, 0.5) is 4.39 Å². The molecule has 6 heteroatoms. The molecule has 0 aromatic heterocycles. The van der Waals surface area contributed by atoms with Crippen molar-refractivity contribution < 1.29 is 18.7 Å². The standard InChI is InChI=1S/C27H25FN2O3/c1-32-23-9-10-25-24(16-23)26(31)29-27(33-25)21-4-2-3-18(15-21)17-30-13-11-20(12-14-30)19-5-7-22(28)8-6-19/h2-11,15-16,27H,12-14,17H2,1H3,(H,29,31). The van der Waals surface area contributed by atoms with Gasteiger partial charge in [-0.05, 0) is 59.5 Å². The Morgan fingerprint density at radius 3 is 2.73 bits per heavy atom. The summed E-state index contributed by atoms with van der Waals surface area (Å²) in [6.07, 6.45) is 2.61. The lowest BCUT2D eigenvalue weighted by Crippen LogP contribution is -2.37. The summed E-state index contributed by atoms with van der Waals surface area (Å²) < 4.78 is 24.5. The molecule has 1 unspecified atom stereocenters. The molecule has 1 atom stereocenters. The predicted molar refractivity (Wildman–Crippen MR) is 125 cm³/mol. The maximum Gasteiger partial charge on any atom is 0.258 e. The van der Waals surface area contributed by atoms with Crippen LogP contribution in [0.15, 0.2) is 72.8 Å². The lowest BCUT2D eigenvalue weighted by molar-refractivity contribution is 0.0755.